The van der Waals surface area contributed by atoms with Crippen molar-refractivity contribution in [2.24, 2.45) is 0 Å². The molecule has 0 unspecified atom stereocenters. The quantitative estimate of drug-likeness (QED) is 0.923. The van der Waals surface area contributed by atoms with Gasteiger partial charge in [-0.05, 0) is 22.8 Å². The zero-order valence-electron chi connectivity index (χ0n) is 10.8. The van der Waals surface area contributed by atoms with Crippen LogP contribution in [-0.4, -0.2) is 13.5 Å². The molecule has 1 N–H and O–H groups in total. The van der Waals surface area contributed by atoms with E-state index < -0.39 is 9.84 Å². The SMILES string of the molecule is O=S(=O)(Cc1cccc(CO)c1)Cc1ccccc1Cl. The van der Waals surface area contributed by atoms with Crippen LogP contribution in [0.3, 0.4) is 0 Å². The van der Waals surface area contributed by atoms with Crippen molar-refractivity contribution in [2.45, 2.75) is 18.1 Å². The van der Waals surface area contributed by atoms with Crippen LogP contribution in [0.4, 0.5) is 0 Å². The van der Waals surface area contributed by atoms with Gasteiger partial charge in [-0.2, -0.15) is 0 Å². The highest BCUT2D eigenvalue weighted by atomic mass is 35.5. The van der Waals surface area contributed by atoms with Gasteiger partial charge in [0.05, 0.1) is 18.1 Å². The number of aliphatic hydroxyl groups is 1. The molecule has 0 radical (unpaired) electrons. The predicted octanol–water partition coefficient (Wildman–Crippen LogP) is 2.95. The second kappa shape index (κ2) is 6.39. The van der Waals surface area contributed by atoms with Crippen molar-refractivity contribution in [2.75, 3.05) is 0 Å². The van der Waals surface area contributed by atoms with Gasteiger partial charge in [0.2, 0.25) is 0 Å². The average Bonchev–Trinajstić information content (AvgIpc) is 2.41. The minimum absolute atomic E-state index is 0.0634. The molecule has 2 rings (SSSR count). The van der Waals surface area contributed by atoms with Gasteiger partial charge in [0, 0.05) is 5.02 Å². The molecule has 5 heteroatoms. The second-order valence-corrected chi connectivity index (χ2v) is 7.07. The summed E-state index contributed by atoms with van der Waals surface area (Å²) in [5.74, 6) is -0.151. The third kappa shape index (κ3) is 4.07. The molecule has 0 saturated carbocycles. The van der Waals surface area contributed by atoms with E-state index in [1.54, 1.807) is 48.5 Å². The predicted molar refractivity (Wildman–Crippen MR) is 80.1 cm³/mol. The highest BCUT2D eigenvalue weighted by Crippen LogP contribution is 2.20. The van der Waals surface area contributed by atoms with Crippen LogP contribution in [0.2, 0.25) is 5.02 Å². The first-order valence-corrected chi connectivity index (χ1v) is 8.32. The van der Waals surface area contributed by atoms with Gasteiger partial charge >= 0.3 is 0 Å². The molecule has 0 atom stereocenters. The molecule has 2 aromatic rings. The molecule has 20 heavy (non-hydrogen) atoms. The lowest BCUT2D eigenvalue weighted by Crippen LogP contribution is -2.08. The molecule has 3 nitrogen and oxygen atoms in total. The zero-order chi connectivity index (χ0) is 14.6. The molecular formula is C15H15ClO3S. The molecule has 0 aliphatic rings. The first-order chi connectivity index (χ1) is 9.50. The molecule has 0 aliphatic carbocycles. The van der Waals surface area contributed by atoms with Gasteiger partial charge in [0.1, 0.15) is 0 Å². The maximum atomic E-state index is 12.2. The lowest BCUT2D eigenvalue weighted by molar-refractivity contribution is 0.282. The number of rotatable bonds is 5. The van der Waals surface area contributed by atoms with E-state index in [9.17, 15) is 8.42 Å². The molecule has 0 heterocycles. The van der Waals surface area contributed by atoms with E-state index in [-0.39, 0.29) is 18.1 Å². The summed E-state index contributed by atoms with van der Waals surface area (Å²) < 4.78 is 24.4. The highest BCUT2D eigenvalue weighted by Gasteiger charge is 2.15. The Labute approximate surface area is 123 Å². The number of hydrogen-bond donors (Lipinski definition) is 1. The Kier molecular flexibility index (Phi) is 4.81. The average molecular weight is 311 g/mol. The standard InChI is InChI=1S/C15H15ClO3S/c16-15-7-2-1-6-14(15)11-20(18,19)10-13-5-3-4-12(8-13)9-17/h1-8,17H,9-11H2. The van der Waals surface area contributed by atoms with Crippen LogP contribution < -0.4 is 0 Å². The van der Waals surface area contributed by atoms with E-state index in [0.717, 1.165) is 0 Å². The Morgan fingerprint density at radius 3 is 2.35 bits per heavy atom. The van der Waals surface area contributed by atoms with Crippen molar-refractivity contribution >= 4 is 21.4 Å². The highest BCUT2D eigenvalue weighted by molar-refractivity contribution is 7.89. The lowest BCUT2D eigenvalue weighted by atomic mass is 10.1. The summed E-state index contributed by atoms with van der Waals surface area (Å²) in [4.78, 5) is 0. The van der Waals surface area contributed by atoms with Crippen LogP contribution in [-0.2, 0) is 27.9 Å². The van der Waals surface area contributed by atoms with Crippen molar-refractivity contribution in [3.63, 3.8) is 0 Å². The van der Waals surface area contributed by atoms with Crippen LogP contribution in [0, 0.1) is 0 Å². The van der Waals surface area contributed by atoms with Crippen LogP contribution in [0.5, 0.6) is 0 Å². The summed E-state index contributed by atoms with van der Waals surface area (Å²) in [6.45, 7) is -0.0988. The summed E-state index contributed by atoms with van der Waals surface area (Å²) in [5.41, 5.74) is 1.98. The third-order valence-electron chi connectivity index (χ3n) is 2.89. The monoisotopic (exact) mass is 310 g/mol. The van der Waals surface area contributed by atoms with Crippen molar-refractivity contribution < 1.29 is 13.5 Å². The van der Waals surface area contributed by atoms with Gasteiger partial charge in [0.15, 0.2) is 9.84 Å². The third-order valence-corrected chi connectivity index (χ3v) is 4.79. The van der Waals surface area contributed by atoms with Crippen LogP contribution in [0.1, 0.15) is 16.7 Å². The molecule has 0 aromatic heterocycles. The number of sulfone groups is 1. The van der Waals surface area contributed by atoms with Crippen LogP contribution >= 0.6 is 11.6 Å². The van der Waals surface area contributed by atoms with Gasteiger partial charge in [-0.25, -0.2) is 8.42 Å². The van der Waals surface area contributed by atoms with Gasteiger partial charge in [-0.1, -0.05) is 54.1 Å². The van der Waals surface area contributed by atoms with Gasteiger partial charge in [0.25, 0.3) is 0 Å². The first-order valence-electron chi connectivity index (χ1n) is 6.13. The molecule has 0 aliphatic heterocycles. The summed E-state index contributed by atoms with van der Waals surface area (Å²) in [5, 5.41) is 9.52. The van der Waals surface area contributed by atoms with Gasteiger partial charge in [-0.15, -0.1) is 0 Å². The number of hydrogen-bond acceptors (Lipinski definition) is 3. The van der Waals surface area contributed by atoms with Gasteiger partial charge in [-0.3, -0.25) is 0 Å². The molecule has 0 bridgehead atoms. The van der Waals surface area contributed by atoms with E-state index in [4.69, 9.17) is 16.7 Å². The summed E-state index contributed by atoms with van der Waals surface area (Å²) in [6.07, 6.45) is 0. The van der Waals surface area contributed by atoms with Crippen molar-refractivity contribution in [1.29, 1.82) is 0 Å². The Hall–Kier alpha value is -1.36. The minimum atomic E-state index is -3.30. The van der Waals surface area contributed by atoms with Crippen LogP contribution in [0.25, 0.3) is 0 Å². The maximum absolute atomic E-state index is 12.2. The van der Waals surface area contributed by atoms with Gasteiger partial charge < -0.3 is 5.11 Å². The Balaban J connectivity index is 2.17. The normalized spacial score (nSPS) is 11.5. The summed E-state index contributed by atoms with van der Waals surface area (Å²) in [6, 6.07) is 13.9. The Morgan fingerprint density at radius 1 is 0.950 bits per heavy atom. The molecule has 106 valence electrons. The van der Waals surface area contributed by atoms with E-state index in [1.807, 2.05) is 0 Å². The molecule has 0 spiro atoms. The maximum Gasteiger partial charge on any atom is 0.158 e. The molecular weight excluding hydrogens is 296 g/mol. The van der Waals surface area contributed by atoms with E-state index in [2.05, 4.69) is 0 Å². The molecule has 0 saturated heterocycles. The second-order valence-electron chi connectivity index (χ2n) is 4.60. The molecule has 0 fully saturated rings. The number of aliphatic hydroxyl groups excluding tert-OH is 1. The summed E-state index contributed by atoms with van der Waals surface area (Å²) in [7, 11) is -3.30. The van der Waals surface area contributed by atoms with E-state index >= 15 is 0 Å². The first kappa shape index (κ1) is 15.0. The number of benzene rings is 2. The Bertz CT molecular complexity index is 696. The fraction of sp³-hybridized carbons (Fsp3) is 0.200. The Morgan fingerprint density at radius 2 is 1.65 bits per heavy atom. The lowest BCUT2D eigenvalue weighted by Gasteiger charge is -2.07. The summed E-state index contributed by atoms with van der Waals surface area (Å²) >= 11 is 5.98. The largest absolute Gasteiger partial charge is 0.392 e. The van der Waals surface area contributed by atoms with E-state index in [0.29, 0.717) is 21.7 Å². The molecule has 2 aromatic carbocycles. The topological polar surface area (TPSA) is 54.4 Å². The zero-order valence-corrected chi connectivity index (χ0v) is 12.4. The number of halogens is 1. The van der Waals surface area contributed by atoms with Crippen molar-refractivity contribution in [1.82, 2.24) is 0 Å². The van der Waals surface area contributed by atoms with Crippen LogP contribution in [0.15, 0.2) is 48.5 Å². The van der Waals surface area contributed by atoms with E-state index in [1.165, 1.54) is 0 Å². The fourth-order valence-electron chi connectivity index (χ4n) is 1.98. The molecule has 0 amide bonds. The van der Waals surface area contributed by atoms with Crippen molar-refractivity contribution in [3.05, 3.63) is 70.2 Å². The smallest absolute Gasteiger partial charge is 0.158 e. The minimum Gasteiger partial charge on any atom is -0.392 e. The van der Waals surface area contributed by atoms with Crippen molar-refractivity contribution in [3.8, 4) is 0 Å². The fourth-order valence-corrected chi connectivity index (χ4v) is 3.77.